The molecule has 0 spiro atoms. The molecule has 2 bridgehead atoms. The Morgan fingerprint density at radius 1 is 1.44 bits per heavy atom. The second-order valence-corrected chi connectivity index (χ2v) is 3.24. The van der Waals surface area contributed by atoms with Gasteiger partial charge in [0.25, 0.3) is 6.29 Å². The molecule has 3 aliphatic heterocycles. The second-order valence-electron chi connectivity index (χ2n) is 1.74. The Morgan fingerprint density at radius 2 is 2.00 bits per heavy atom. The van der Waals surface area contributed by atoms with E-state index in [0.717, 1.165) is 0 Å². The van der Waals surface area contributed by atoms with Gasteiger partial charge in [0.15, 0.2) is 0 Å². The minimum Gasteiger partial charge on any atom is -0.339 e. The minimum absolute atomic E-state index is 1.30. The Morgan fingerprint density at radius 3 is 2.11 bits per heavy atom. The molecule has 0 aliphatic carbocycles. The van der Waals surface area contributed by atoms with Gasteiger partial charge in [-0.1, -0.05) is 0 Å². The Kier molecular flexibility index (Phi) is 0.785. The van der Waals surface area contributed by atoms with E-state index in [1.165, 1.54) is 0 Å². The standard InChI is InChI=1S/C2H3O6P/c3-2(4)1-6-9(5,7-1)8-2/h1,3-4H. The first-order chi connectivity index (χ1) is 4.02. The highest BCUT2D eigenvalue weighted by Gasteiger charge is 2.68. The summed E-state index contributed by atoms with van der Waals surface area (Å²) in [6.45, 7) is 0. The summed E-state index contributed by atoms with van der Waals surface area (Å²) in [6.07, 6.45) is -1.30. The van der Waals surface area contributed by atoms with Gasteiger partial charge in [-0.15, -0.1) is 0 Å². The van der Waals surface area contributed by atoms with Gasteiger partial charge in [0.2, 0.25) is 0 Å². The molecule has 0 saturated carbocycles. The molecule has 3 aliphatic rings. The van der Waals surface area contributed by atoms with Gasteiger partial charge >= 0.3 is 13.8 Å². The van der Waals surface area contributed by atoms with Crippen LogP contribution >= 0.6 is 7.82 Å². The maximum Gasteiger partial charge on any atom is 0.484 e. The molecular formula is C2H3O6P. The summed E-state index contributed by atoms with van der Waals surface area (Å²) in [6, 6.07) is 0. The number of hydrogen-bond acceptors (Lipinski definition) is 6. The van der Waals surface area contributed by atoms with Crippen molar-refractivity contribution in [2.24, 2.45) is 0 Å². The average Bonchev–Trinajstić information content (AvgIpc) is 1.83. The van der Waals surface area contributed by atoms with E-state index in [-0.39, 0.29) is 0 Å². The van der Waals surface area contributed by atoms with Gasteiger partial charge in [-0.25, -0.2) is 18.1 Å². The van der Waals surface area contributed by atoms with Crippen molar-refractivity contribution in [1.29, 1.82) is 0 Å². The van der Waals surface area contributed by atoms with Crippen LogP contribution < -0.4 is 0 Å². The van der Waals surface area contributed by atoms with Crippen molar-refractivity contribution in [3.05, 3.63) is 0 Å². The monoisotopic (exact) mass is 154 g/mol. The molecule has 9 heavy (non-hydrogen) atoms. The van der Waals surface area contributed by atoms with Crippen LogP contribution in [0.3, 0.4) is 0 Å². The van der Waals surface area contributed by atoms with Crippen molar-refractivity contribution < 1.29 is 28.3 Å². The predicted molar refractivity (Wildman–Crippen MR) is 21.8 cm³/mol. The van der Waals surface area contributed by atoms with Gasteiger partial charge in [0.05, 0.1) is 0 Å². The Balaban J connectivity index is 2.33. The summed E-state index contributed by atoms with van der Waals surface area (Å²) in [7, 11) is -3.52. The van der Waals surface area contributed by atoms with Gasteiger partial charge in [-0.05, 0) is 0 Å². The summed E-state index contributed by atoms with van der Waals surface area (Å²) < 4.78 is 23.1. The summed E-state index contributed by atoms with van der Waals surface area (Å²) in [5.74, 6) is -2.52. The average molecular weight is 154 g/mol. The predicted octanol–water partition coefficient (Wildman–Crippen LogP) is -0.864. The fourth-order valence-corrected chi connectivity index (χ4v) is 1.89. The topological polar surface area (TPSA) is 85.2 Å². The van der Waals surface area contributed by atoms with Gasteiger partial charge in [-0.3, -0.25) is 0 Å². The maximum atomic E-state index is 10.5. The van der Waals surface area contributed by atoms with Gasteiger partial charge in [0.1, 0.15) is 0 Å². The molecule has 0 aromatic heterocycles. The molecule has 3 fully saturated rings. The summed E-state index contributed by atoms with van der Waals surface area (Å²) in [5, 5.41) is 17.2. The van der Waals surface area contributed by atoms with Gasteiger partial charge in [-0.2, -0.15) is 0 Å². The Hall–Kier alpha value is 0.0300. The van der Waals surface area contributed by atoms with Crippen LogP contribution in [-0.2, 0) is 18.1 Å². The fourth-order valence-electron chi connectivity index (χ4n) is 0.630. The van der Waals surface area contributed by atoms with E-state index < -0.39 is 20.1 Å². The molecule has 0 atom stereocenters. The van der Waals surface area contributed by atoms with Crippen molar-refractivity contribution in [2.45, 2.75) is 12.3 Å². The number of hydrogen-bond donors (Lipinski definition) is 2. The van der Waals surface area contributed by atoms with Gasteiger partial charge in [0, 0.05) is 0 Å². The molecule has 3 rings (SSSR count). The zero-order valence-corrected chi connectivity index (χ0v) is 4.95. The first-order valence-electron chi connectivity index (χ1n) is 2.14. The number of rotatable bonds is 0. The second kappa shape index (κ2) is 1.22. The van der Waals surface area contributed by atoms with Crippen LogP contribution in [0.15, 0.2) is 0 Å². The summed E-state index contributed by atoms with van der Waals surface area (Å²) in [4.78, 5) is 0. The third kappa shape index (κ3) is 0.602. The van der Waals surface area contributed by atoms with Crippen molar-refractivity contribution in [3.8, 4) is 0 Å². The first kappa shape index (κ1) is 5.79. The largest absolute Gasteiger partial charge is 0.484 e. The molecular weight excluding hydrogens is 151 g/mol. The highest BCUT2D eigenvalue weighted by molar-refractivity contribution is 7.50. The first-order valence-corrected chi connectivity index (χ1v) is 3.60. The maximum absolute atomic E-state index is 10.5. The lowest BCUT2D eigenvalue weighted by atomic mass is 10.5. The van der Waals surface area contributed by atoms with Crippen LogP contribution in [-0.4, -0.2) is 22.5 Å². The van der Waals surface area contributed by atoms with Crippen LogP contribution in [0.25, 0.3) is 0 Å². The van der Waals surface area contributed by atoms with Crippen molar-refractivity contribution in [2.75, 3.05) is 0 Å². The normalized spacial score (nSPS) is 52.9. The van der Waals surface area contributed by atoms with E-state index in [9.17, 15) is 4.57 Å². The van der Waals surface area contributed by atoms with Crippen LogP contribution in [0.2, 0.25) is 0 Å². The molecule has 7 heteroatoms. The van der Waals surface area contributed by atoms with Crippen LogP contribution in [0, 0.1) is 0 Å². The van der Waals surface area contributed by atoms with Gasteiger partial charge < -0.3 is 10.2 Å². The smallest absolute Gasteiger partial charge is 0.339 e. The third-order valence-corrected chi connectivity index (χ3v) is 2.39. The molecule has 3 saturated heterocycles. The number of aliphatic hydroxyl groups is 2. The zero-order chi connectivity index (χ0) is 6.70. The quantitative estimate of drug-likeness (QED) is 0.348. The minimum atomic E-state index is -3.52. The molecule has 0 unspecified atom stereocenters. The van der Waals surface area contributed by atoms with Crippen molar-refractivity contribution in [1.82, 2.24) is 0 Å². The summed E-state index contributed by atoms with van der Waals surface area (Å²) >= 11 is 0. The lowest BCUT2D eigenvalue weighted by Gasteiger charge is -2.20. The molecule has 52 valence electrons. The lowest BCUT2D eigenvalue weighted by molar-refractivity contribution is -0.327. The van der Waals surface area contributed by atoms with E-state index in [0.29, 0.717) is 0 Å². The molecule has 0 amide bonds. The van der Waals surface area contributed by atoms with E-state index in [2.05, 4.69) is 13.6 Å². The number of fused-ring (bicyclic) bond motifs is 1. The number of phosphoric acid groups is 1. The molecule has 3 heterocycles. The fraction of sp³-hybridized carbons (Fsp3) is 1.00. The van der Waals surface area contributed by atoms with Crippen molar-refractivity contribution >= 4 is 7.82 Å². The number of phosphoric ester groups is 1. The Bertz CT molecular complexity index is 187. The Labute approximate surface area is 49.6 Å². The molecule has 6 nitrogen and oxygen atoms in total. The van der Waals surface area contributed by atoms with Crippen molar-refractivity contribution in [3.63, 3.8) is 0 Å². The summed E-state index contributed by atoms with van der Waals surface area (Å²) in [5.41, 5.74) is 0. The SMILES string of the molecule is O=P12OC(O1)C(O)(O)O2. The van der Waals surface area contributed by atoms with E-state index in [4.69, 9.17) is 10.2 Å². The van der Waals surface area contributed by atoms with Crippen LogP contribution in [0.4, 0.5) is 0 Å². The van der Waals surface area contributed by atoms with Crippen LogP contribution in [0.5, 0.6) is 0 Å². The third-order valence-electron chi connectivity index (χ3n) is 1.00. The molecule has 0 aromatic carbocycles. The lowest BCUT2D eigenvalue weighted by Crippen LogP contribution is -2.39. The van der Waals surface area contributed by atoms with E-state index in [1.807, 2.05) is 0 Å². The highest BCUT2D eigenvalue weighted by Crippen LogP contribution is 2.70. The highest BCUT2D eigenvalue weighted by atomic mass is 31.2. The molecule has 0 aromatic rings. The molecule has 2 N–H and O–H groups in total. The van der Waals surface area contributed by atoms with E-state index in [1.54, 1.807) is 0 Å². The van der Waals surface area contributed by atoms with E-state index >= 15 is 0 Å². The zero-order valence-electron chi connectivity index (χ0n) is 4.05. The van der Waals surface area contributed by atoms with Crippen LogP contribution in [0.1, 0.15) is 0 Å². The molecule has 0 radical (unpaired) electrons.